The van der Waals surface area contributed by atoms with Crippen molar-refractivity contribution < 1.29 is 23.9 Å². The minimum atomic E-state index is -0.589. The standard InChI is InChI=1S/C21H22N2O5/c1-12-9-16(12)20(25)22-14-6-4-5-13(10-14)19(24)23-18-8-7-15(27-2)11-17(18)21(26)28-3/h4-8,10-12,16H,9H2,1-3H3,(H,22,25)(H,23,24). The number of nitrogens with one attached hydrogen (secondary N) is 2. The maximum atomic E-state index is 12.7. The Labute approximate surface area is 163 Å². The highest BCUT2D eigenvalue weighted by atomic mass is 16.5. The first-order valence-electron chi connectivity index (χ1n) is 8.91. The maximum Gasteiger partial charge on any atom is 0.340 e. The Morgan fingerprint density at radius 3 is 2.43 bits per heavy atom. The van der Waals surface area contributed by atoms with Crippen LogP contribution < -0.4 is 15.4 Å². The van der Waals surface area contributed by atoms with Crippen molar-refractivity contribution in [3.8, 4) is 5.75 Å². The molecule has 7 nitrogen and oxygen atoms in total. The second-order valence-corrected chi connectivity index (χ2v) is 6.75. The van der Waals surface area contributed by atoms with Gasteiger partial charge < -0.3 is 20.1 Å². The Balaban J connectivity index is 1.77. The molecule has 0 spiro atoms. The zero-order chi connectivity index (χ0) is 20.3. The van der Waals surface area contributed by atoms with Crippen LogP contribution in [0.15, 0.2) is 42.5 Å². The van der Waals surface area contributed by atoms with E-state index in [0.717, 1.165) is 6.42 Å². The largest absolute Gasteiger partial charge is 0.497 e. The topological polar surface area (TPSA) is 93.7 Å². The van der Waals surface area contributed by atoms with E-state index in [1.54, 1.807) is 36.4 Å². The van der Waals surface area contributed by atoms with E-state index in [0.29, 0.717) is 28.6 Å². The molecule has 2 amide bonds. The normalized spacial score (nSPS) is 17.4. The lowest BCUT2D eigenvalue weighted by molar-refractivity contribution is -0.117. The molecule has 2 unspecified atom stereocenters. The van der Waals surface area contributed by atoms with Gasteiger partial charge in [-0.2, -0.15) is 0 Å². The third kappa shape index (κ3) is 4.31. The van der Waals surface area contributed by atoms with Crippen molar-refractivity contribution in [3.05, 3.63) is 53.6 Å². The van der Waals surface area contributed by atoms with E-state index in [-0.39, 0.29) is 17.4 Å². The number of carbonyl (C=O) groups is 3. The number of hydrogen-bond acceptors (Lipinski definition) is 5. The Bertz CT molecular complexity index is 925. The van der Waals surface area contributed by atoms with Crippen molar-refractivity contribution in [1.82, 2.24) is 0 Å². The maximum absolute atomic E-state index is 12.7. The molecular weight excluding hydrogens is 360 g/mol. The third-order valence-corrected chi connectivity index (χ3v) is 4.72. The summed E-state index contributed by atoms with van der Waals surface area (Å²) in [5.74, 6) is -0.122. The van der Waals surface area contributed by atoms with Crippen molar-refractivity contribution in [3.63, 3.8) is 0 Å². The predicted octanol–water partition coefficient (Wildman–Crippen LogP) is 3.33. The molecule has 1 aliphatic carbocycles. The summed E-state index contributed by atoms with van der Waals surface area (Å²) in [4.78, 5) is 36.8. The number of hydrogen-bond donors (Lipinski definition) is 2. The molecule has 0 bridgehead atoms. The molecule has 7 heteroatoms. The van der Waals surface area contributed by atoms with Gasteiger partial charge in [0.1, 0.15) is 5.75 Å². The van der Waals surface area contributed by atoms with E-state index >= 15 is 0 Å². The Hall–Kier alpha value is -3.35. The number of carbonyl (C=O) groups excluding carboxylic acids is 3. The van der Waals surface area contributed by atoms with Crippen molar-refractivity contribution in [2.75, 3.05) is 24.9 Å². The summed E-state index contributed by atoms with van der Waals surface area (Å²) < 4.78 is 9.89. The van der Waals surface area contributed by atoms with Gasteiger partial charge in [0.05, 0.1) is 25.5 Å². The summed E-state index contributed by atoms with van der Waals surface area (Å²) in [7, 11) is 2.75. The Morgan fingerprint density at radius 2 is 1.79 bits per heavy atom. The van der Waals surface area contributed by atoms with E-state index in [2.05, 4.69) is 10.6 Å². The van der Waals surface area contributed by atoms with Gasteiger partial charge in [0.25, 0.3) is 5.91 Å². The highest BCUT2D eigenvalue weighted by Gasteiger charge is 2.39. The van der Waals surface area contributed by atoms with Crippen LogP contribution in [0.3, 0.4) is 0 Å². The molecule has 0 saturated heterocycles. The minimum Gasteiger partial charge on any atom is -0.497 e. The van der Waals surface area contributed by atoms with Crippen molar-refractivity contribution >= 4 is 29.2 Å². The van der Waals surface area contributed by atoms with E-state index in [4.69, 9.17) is 9.47 Å². The molecule has 146 valence electrons. The van der Waals surface area contributed by atoms with E-state index in [1.165, 1.54) is 20.3 Å². The summed E-state index contributed by atoms with van der Waals surface area (Å²) in [5, 5.41) is 5.55. The highest BCUT2D eigenvalue weighted by molar-refractivity contribution is 6.09. The summed E-state index contributed by atoms with van der Waals surface area (Å²) in [6, 6.07) is 11.4. The first-order valence-corrected chi connectivity index (χ1v) is 8.91. The molecule has 0 heterocycles. The average molecular weight is 382 g/mol. The SMILES string of the molecule is COC(=O)c1cc(OC)ccc1NC(=O)c1cccc(NC(=O)C2CC2C)c1. The van der Waals surface area contributed by atoms with Crippen LogP contribution in [0.4, 0.5) is 11.4 Å². The fourth-order valence-corrected chi connectivity index (χ4v) is 2.89. The van der Waals surface area contributed by atoms with Crippen LogP contribution in [0.1, 0.15) is 34.1 Å². The molecule has 28 heavy (non-hydrogen) atoms. The summed E-state index contributed by atoms with van der Waals surface area (Å²) >= 11 is 0. The van der Waals surface area contributed by atoms with Gasteiger partial charge in [-0.05, 0) is 48.7 Å². The molecule has 2 N–H and O–H groups in total. The zero-order valence-electron chi connectivity index (χ0n) is 15.9. The fraction of sp³-hybridized carbons (Fsp3) is 0.286. The van der Waals surface area contributed by atoms with Crippen LogP contribution in [0.5, 0.6) is 5.75 Å². The second-order valence-electron chi connectivity index (χ2n) is 6.75. The molecule has 1 aliphatic rings. The molecule has 0 radical (unpaired) electrons. The highest BCUT2D eigenvalue weighted by Crippen LogP contribution is 2.38. The fourth-order valence-electron chi connectivity index (χ4n) is 2.89. The predicted molar refractivity (Wildman–Crippen MR) is 105 cm³/mol. The van der Waals surface area contributed by atoms with Gasteiger partial charge in [0.2, 0.25) is 5.91 Å². The Kier molecular flexibility index (Phi) is 5.63. The average Bonchev–Trinajstić information content (AvgIpc) is 3.44. The van der Waals surface area contributed by atoms with Gasteiger partial charge in [-0.15, -0.1) is 0 Å². The minimum absolute atomic E-state index is 0.0341. The van der Waals surface area contributed by atoms with Crippen LogP contribution in [-0.4, -0.2) is 32.0 Å². The second kappa shape index (κ2) is 8.12. The van der Waals surface area contributed by atoms with Gasteiger partial charge in [-0.1, -0.05) is 13.0 Å². The monoisotopic (exact) mass is 382 g/mol. The molecule has 1 fully saturated rings. The molecule has 2 atom stereocenters. The van der Waals surface area contributed by atoms with Crippen LogP contribution in [0, 0.1) is 11.8 Å². The molecule has 1 saturated carbocycles. The number of methoxy groups -OCH3 is 2. The zero-order valence-corrected chi connectivity index (χ0v) is 15.9. The smallest absolute Gasteiger partial charge is 0.340 e. The lowest BCUT2D eigenvalue weighted by atomic mass is 10.1. The first-order chi connectivity index (χ1) is 13.4. The van der Waals surface area contributed by atoms with Crippen molar-refractivity contribution in [2.45, 2.75) is 13.3 Å². The van der Waals surface area contributed by atoms with Crippen LogP contribution in [0.25, 0.3) is 0 Å². The van der Waals surface area contributed by atoms with Gasteiger partial charge in [0, 0.05) is 17.2 Å². The molecule has 0 aliphatic heterocycles. The lowest BCUT2D eigenvalue weighted by Gasteiger charge is -2.12. The number of ether oxygens (including phenoxy) is 2. The van der Waals surface area contributed by atoms with Gasteiger partial charge >= 0.3 is 5.97 Å². The molecular formula is C21H22N2O5. The molecule has 0 aromatic heterocycles. The van der Waals surface area contributed by atoms with E-state index < -0.39 is 11.9 Å². The van der Waals surface area contributed by atoms with Gasteiger partial charge in [-0.3, -0.25) is 9.59 Å². The molecule has 2 aromatic carbocycles. The quantitative estimate of drug-likeness (QED) is 0.748. The number of rotatable bonds is 6. The van der Waals surface area contributed by atoms with Crippen LogP contribution in [-0.2, 0) is 9.53 Å². The number of benzene rings is 2. The Morgan fingerprint density at radius 1 is 1.04 bits per heavy atom. The molecule has 3 rings (SSSR count). The van der Waals surface area contributed by atoms with E-state index in [1.807, 2.05) is 6.92 Å². The van der Waals surface area contributed by atoms with Crippen molar-refractivity contribution in [2.24, 2.45) is 11.8 Å². The summed E-state index contributed by atoms with van der Waals surface area (Å²) in [5.41, 5.74) is 1.40. The van der Waals surface area contributed by atoms with Gasteiger partial charge in [-0.25, -0.2) is 4.79 Å². The summed E-state index contributed by atoms with van der Waals surface area (Å²) in [6.07, 6.45) is 0.889. The number of anilines is 2. The number of esters is 1. The number of amides is 2. The van der Waals surface area contributed by atoms with E-state index in [9.17, 15) is 14.4 Å². The van der Waals surface area contributed by atoms with Gasteiger partial charge in [0.15, 0.2) is 0 Å². The lowest BCUT2D eigenvalue weighted by Crippen LogP contribution is -2.17. The summed E-state index contributed by atoms with van der Waals surface area (Å²) in [6.45, 7) is 2.03. The third-order valence-electron chi connectivity index (χ3n) is 4.72. The molecule has 2 aromatic rings. The first kappa shape index (κ1) is 19.4. The van der Waals surface area contributed by atoms with Crippen molar-refractivity contribution in [1.29, 1.82) is 0 Å². The van der Waals surface area contributed by atoms with Crippen LogP contribution >= 0.6 is 0 Å². The van der Waals surface area contributed by atoms with Crippen LogP contribution in [0.2, 0.25) is 0 Å².